The predicted octanol–water partition coefficient (Wildman–Crippen LogP) is 3.38. The summed E-state index contributed by atoms with van der Waals surface area (Å²) in [4.78, 5) is 45.4. The van der Waals surface area contributed by atoms with E-state index in [1.807, 2.05) is 43.3 Å². The van der Waals surface area contributed by atoms with Crippen LogP contribution in [0.4, 0.5) is 27.7 Å². The number of anilines is 3. The summed E-state index contributed by atoms with van der Waals surface area (Å²) in [6.45, 7) is 5.57. The van der Waals surface area contributed by atoms with Gasteiger partial charge in [-0.15, -0.1) is 0 Å². The molecule has 0 spiro atoms. The molecular formula is C27H28N6O5. The monoisotopic (exact) mass is 516 g/mol. The smallest absolute Gasteiger partial charge is 0.414 e. The Hall–Kier alpha value is -4.67. The molecule has 0 radical (unpaired) electrons. The number of aryl methyl sites for hydroxylation is 1. The molecule has 0 saturated carbocycles. The Morgan fingerprint density at radius 3 is 2.29 bits per heavy atom. The van der Waals surface area contributed by atoms with E-state index >= 15 is 0 Å². The minimum absolute atomic E-state index is 0.0207. The van der Waals surface area contributed by atoms with Gasteiger partial charge in [0.2, 0.25) is 0 Å². The van der Waals surface area contributed by atoms with Gasteiger partial charge in [-0.05, 0) is 49.4 Å². The van der Waals surface area contributed by atoms with Crippen LogP contribution >= 0.6 is 0 Å². The van der Waals surface area contributed by atoms with Gasteiger partial charge < -0.3 is 19.9 Å². The fraction of sp³-hybridized carbons (Fsp3) is 0.296. The largest absolute Gasteiger partial charge is 0.442 e. The molecule has 38 heavy (non-hydrogen) atoms. The maximum atomic E-state index is 12.5. The van der Waals surface area contributed by atoms with Crippen LogP contribution < -0.4 is 20.0 Å². The van der Waals surface area contributed by atoms with Gasteiger partial charge in [0.05, 0.1) is 18.0 Å². The summed E-state index contributed by atoms with van der Waals surface area (Å²) < 4.78 is 5.47. The Morgan fingerprint density at radius 1 is 1.00 bits per heavy atom. The lowest BCUT2D eigenvalue weighted by molar-refractivity contribution is -0.385. The average Bonchev–Trinajstić information content (AvgIpc) is 3.32. The van der Waals surface area contributed by atoms with Crippen molar-refractivity contribution in [3.05, 3.63) is 88.1 Å². The van der Waals surface area contributed by atoms with Crippen molar-refractivity contribution >= 4 is 34.9 Å². The molecule has 3 heterocycles. The van der Waals surface area contributed by atoms with E-state index in [4.69, 9.17) is 4.74 Å². The first-order chi connectivity index (χ1) is 18.4. The molecule has 196 valence electrons. The first kappa shape index (κ1) is 25.0. The van der Waals surface area contributed by atoms with Crippen LogP contribution in [-0.4, -0.2) is 67.3 Å². The SMILES string of the molecule is Cc1ccc(C(=O)NCC2CN(c3ccc(N4CCN(c5ccc([N+](=O)[O-])cn5)CC4)cc3)C(=O)O2)cc1. The molecule has 11 nitrogen and oxygen atoms in total. The van der Waals surface area contributed by atoms with Gasteiger partial charge >= 0.3 is 6.09 Å². The zero-order valence-electron chi connectivity index (χ0n) is 20.9. The molecule has 5 rings (SSSR count). The summed E-state index contributed by atoms with van der Waals surface area (Å²) in [5.41, 5.74) is 3.40. The van der Waals surface area contributed by atoms with E-state index in [0.29, 0.717) is 12.1 Å². The molecule has 1 unspecified atom stereocenters. The first-order valence-electron chi connectivity index (χ1n) is 12.4. The van der Waals surface area contributed by atoms with Crippen molar-refractivity contribution in [1.82, 2.24) is 10.3 Å². The zero-order valence-corrected chi connectivity index (χ0v) is 20.9. The lowest BCUT2D eigenvalue weighted by Crippen LogP contribution is -2.46. The third-order valence-electron chi connectivity index (χ3n) is 6.75. The third kappa shape index (κ3) is 5.51. The minimum atomic E-state index is -0.454. The van der Waals surface area contributed by atoms with Crippen LogP contribution in [0.3, 0.4) is 0 Å². The van der Waals surface area contributed by atoms with Crippen molar-refractivity contribution in [2.24, 2.45) is 0 Å². The number of nitrogens with zero attached hydrogens (tertiary/aromatic N) is 5. The normalized spacial score (nSPS) is 17.3. The summed E-state index contributed by atoms with van der Waals surface area (Å²) in [5.74, 6) is 0.524. The number of aromatic nitrogens is 1. The maximum absolute atomic E-state index is 12.5. The van der Waals surface area contributed by atoms with Crippen molar-refractivity contribution in [3.8, 4) is 0 Å². The van der Waals surface area contributed by atoms with Crippen LogP contribution in [-0.2, 0) is 4.74 Å². The number of amides is 2. The van der Waals surface area contributed by atoms with Crippen LogP contribution in [0.1, 0.15) is 15.9 Å². The summed E-state index contributed by atoms with van der Waals surface area (Å²) in [6, 6.07) is 18.2. The molecule has 2 fully saturated rings. The topological polar surface area (TPSA) is 121 Å². The number of hydrogen-bond donors (Lipinski definition) is 1. The quantitative estimate of drug-likeness (QED) is 0.375. The molecule has 1 N–H and O–H groups in total. The second-order valence-electron chi connectivity index (χ2n) is 9.31. The average molecular weight is 517 g/mol. The van der Waals surface area contributed by atoms with Gasteiger partial charge in [0.25, 0.3) is 11.6 Å². The number of nitro groups is 1. The lowest BCUT2D eigenvalue weighted by atomic mass is 10.1. The summed E-state index contributed by atoms with van der Waals surface area (Å²) >= 11 is 0. The Kier molecular flexibility index (Phi) is 7.07. The number of benzene rings is 2. The number of hydrogen-bond acceptors (Lipinski definition) is 8. The Labute approximate surface area is 219 Å². The second kappa shape index (κ2) is 10.8. The molecule has 2 amide bonds. The molecule has 1 atom stereocenters. The number of nitrogens with one attached hydrogen (secondary N) is 1. The number of carbonyl (C=O) groups excluding carboxylic acids is 2. The Bertz CT molecular complexity index is 1310. The molecule has 0 aliphatic carbocycles. The van der Waals surface area contributed by atoms with E-state index in [9.17, 15) is 19.7 Å². The van der Waals surface area contributed by atoms with Gasteiger partial charge in [-0.2, -0.15) is 0 Å². The zero-order chi connectivity index (χ0) is 26.6. The molecule has 1 aromatic heterocycles. The number of pyridine rings is 1. The van der Waals surface area contributed by atoms with Crippen LogP contribution in [0.5, 0.6) is 0 Å². The molecule has 2 aromatic carbocycles. The number of ether oxygens (including phenoxy) is 1. The van der Waals surface area contributed by atoms with Gasteiger partial charge in [0.15, 0.2) is 0 Å². The molecule has 2 aliphatic rings. The first-order valence-corrected chi connectivity index (χ1v) is 12.4. The van der Waals surface area contributed by atoms with E-state index in [1.165, 1.54) is 12.3 Å². The molecule has 2 aliphatic heterocycles. The summed E-state index contributed by atoms with van der Waals surface area (Å²) in [7, 11) is 0. The molecule has 2 saturated heterocycles. The summed E-state index contributed by atoms with van der Waals surface area (Å²) in [5, 5.41) is 13.7. The number of carbonyl (C=O) groups is 2. The maximum Gasteiger partial charge on any atom is 0.414 e. The van der Waals surface area contributed by atoms with E-state index in [-0.39, 0.29) is 18.1 Å². The second-order valence-corrected chi connectivity index (χ2v) is 9.31. The van der Waals surface area contributed by atoms with Crippen molar-refractivity contribution in [1.29, 1.82) is 0 Å². The van der Waals surface area contributed by atoms with Crippen molar-refractivity contribution in [2.45, 2.75) is 13.0 Å². The highest BCUT2D eigenvalue weighted by Gasteiger charge is 2.32. The highest BCUT2D eigenvalue weighted by atomic mass is 16.6. The standard InChI is InChI=1S/C27H28N6O5/c1-19-2-4-20(5-3-19)26(34)29-17-24-18-32(27(35)38-24)22-8-6-21(7-9-22)30-12-14-31(15-13-30)25-11-10-23(16-28-25)33(36)37/h2-11,16,24H,12-15,17-18H2,1H3,(H,29,34). The van der Waals surface area contributed by atoms with Crippen molar-refractivity contribution < 1.29 is 19.2 Å². The van der Waals surface area contributed by atoms with Crippen LogP contribution in [0, 0.1) is 17.0 Å². The van der Waals surface area contributed by atoms with E-state index < -0.39 is 17.1 Å². The van der Waals surface area contributed by atoms with Crippen LogP contribution in [0.25, 0.3) is 0 Å². The van der Waals surface area contributed by atoms with Gasteiger partial charge in [0.1, 0.15) is 18.1 Å². The van der Waals surface area contributed by atoms with Crippen LogP contribution in [0.15, 0.2) is 66.9 Å². The van der Waals surface area contributed by atoms with E-state index in [0.717, 1.165) is 48.9 Å². The minimum Gasteiger partial charge on any atom is -0.442 e. The van der Waals surface area contributed by atoms with Crippen molar-refractivity contribution in [3.63, 3.8) is 0 Å². The Morgan fingerprint density at radius 2 is 1.66 bits per heavy atom. The highest BCUT2D eigenvalue weighted by molar-refractivity contribution is 5.94. The van der Waals surface area contributed by atoms with Gasteiger partial charge in [-0.1, -0.05) is 17.7 Å². The van der Waals surface area contributed by atoms with Gasteiger partial charge in [-0.3, -0.25) is 19.8 Å². The molecular weight excluding hydrogens is 488 g/mol. The van der Waals surface area contributed by atoms with E-state index in [2.05, 4.69) is 20.1 Å². The highest BCUT2D eigenvalue weighted by Crippen LogP contribution is 2.26. The predicted molar refractivity (Wildman–Crippen MR) is 143 cm³/mol. The third-order valence-corrected chi connectivity index (χ3v) is 6.75. The number of rotatable bonds is 7. The number of piperazine rings is 1. The fourth-order valence-corrected chi connectivity index (χ4v) is 4.56. The molecule has 3 aromatic rings. The van der Waals surface area contributed by atoms with Gasteiger partial charge in [-0.25, -0.2) is 9.78 Å². The molecule has 0 bridgehead atoms. The van der Waals surface area contributed by atoms with Gasteiger partial charge in [0, 0.05) is 49.2 Å². The van der Waals surface area contributed by atoms with Crippen LogP contribution in [0.2, 0.25) is 0 Å². The van der Waals surface area contributed by atoms with E-state index in [1.54, 1.807) is 23.1 Å². The van der Waals surface area contributed by atoms with Crippen molar-refractivity contribution in [2.75, 3.05) is 54.0 Å². The summed E-state index contributed by atoms with van der Waals surface area (Å²) in [6.07, 6.45) is 0.418. The number of cyclic esters (lactones) is 1. The fourth-order valence-electron chi connectivity index (χ4n) is 4.56. The lowest BCUT2D eigenvalue weighted by Gasteiger charge is -2.36. The molecule has 11 heteroatoms. The Balaban J connectivity index is 1.12.